The molecule has 0 spiro atoms. The Balaban J connectivity index is 1.26. The van der Waals surface area contributed by atoms with Gasteiger partial charge < -0.3 is 15.0 Å². The van der Waals surface area contributed by atoms with E-state index in [0.717, 1.165) is 81.4 Å². The number of aromatic nitrogens is 1. The van der Waals surface area contributed by atoms with Crippen molar-refractivity contribution in [2.75, 3.05) is 36.9 Å². The Bertz CT molecular complexity index is 1450. The third kappa shape index (κ3) is 4.81. The molecule has 0 bridgehead atoms. The normalized spacial score (nSPS) is 16.1. The zero-order valence-corrected chi connectivity index (χ0v) is 22.4. The van der Waals surface area contributed by atoms with Crippen molar-refractivity contribution in [2.24, 2.45) is 0 Å². The fourth-order valence-corrected chi connectivity index (χ4v) is 5.83. The van der Waals surface area contributed by atoms with Crippen molar-refractivity contribution in [1.82, 2.24) is 9.88 Å². The summed E-state index contributed by atoms with van der Waals surface area (Å²) < 4.78 is 7.33. The van der Waals surface area contributed by atoms with Crippen molar-refractivity contribution < 1.29 is 9.53 Å². The molecule has 1 N–H and O–H groups in total. The second-order valence-corrected chi connectivity index (χ2v) is 10.7. The van der Waals surface area contributed by atoms with Crippen LogP contribution in [0.15, 0.2) is 77.5 Å². The van der Waals surface area contributed by atoms with E-state index in [1.807, 2.05) is 41.3 Å². The van der Waals surface area contributed by atoms with Crippen LogP contribution < -0.4 is 15.0 Å². The van der Waals surface area contributed by atoms with Crippen LogP contribution in [-0.2, 0) is 6.42 Å². The molecule has 1 fully saturated rings. The van der Waals surface area contributed by atoms with Crippen molar-refractivity contribution in [3.05, 3.63) is 83.1 Å². The molecule has 0 aliphatic carbocycles. The Labute approximate surface area is 225 Å². The minimum atomic E-state index is -0.131. The maximum atomic E-state index is 13.5. The molecule has 3 heterocycles. The number of anilines is 2. The lowest BCUT2D eigenvalue weighted by molar-refractivity contribution is 0.113. The van der Waals surface area contributed by atoms with Gasteiger partial charge >= 0.3 is 6.03 Å². The van der Waals surface area contributed by atoms with Gasteiger partial charge in [-0.05, 0) is 88.6 Å². The van der Waals surface area contributed by atoms with E-state index in [-0.39, 0.29) is 12.1 Å². The van der Waals surface area contributed by atoms with Gasteiger partial charge in [0.2, 0.25) is 0 Å². The van der Waals surface area contributed by atoms with Gasteiger partial charge in [0, 0.05) is 43.5 Å². The third-order valence-electron chi connectivity index (χ3n) is 7.39. The first kappa shape index (κ1) is 23.9. The lowest BCUT2D eigenvalue weighted by atomic mass is 9.98. The zero-order chi connectivity index (χ0) is 25.4. The lowest BCUT2D eigenvalue weighted by Crippen LogP contribution is -2.35. The summed E-state index contributed by atoms with van der Waals surface area (Å²) >= 11 is 3.69. The van der Waals surface area contributed by atoms with E-state index < -0.39 is 0 Å². The van der Waals surface area contributed by atoms with Crippen LogP contribution in [0.2, 0.25) is 0 Å². The molecular formula is C30H29BrN4O2. The molecule has 1 saturated heterocycles. The van der Waals surface area contributed by atoms with E-state index in [1.54, 1.807) is 12.4 Å². The van der Waals surface area contributed by atoms with Gasteiger partial charge in [0.15, 0.2) is 0 Å². The standard InChI is InChI=1S/C30H29BrN4O2/c1-34-15-11-22(12-16-34)37-29-19-28-21(18-26(29)31)10-17-35(28)30(36)33-27-7-6-23(20-8-13-32-14-9-20)24-4-2-3-5-25(24)27/h2-9,13-14,18-19,22H,10-12,15-17H2,1H3,(H,33,36). The molecule has 7 heteroatoms. The number of amides is 2. The Hall–Kier alpha value is -3.42. The third-order valence-corrected chi connectivity index (χ3v) is 8.01. The number of urea groups is 1. The maximum Gasteiger partial charge on any atom is 0.326 e. The highest BCUT2D eigenvalue weighted by Crippen LogP contribution is 2.39. The fourth-order valence-electron chi connectivity index (χ4n) is 5.35. The van der Waals surface area contributed by atoms with Crippen molar-refractivity contribution in [3.8, 4) is 16.9 Å². The van der Waals surface area contributed by atoms with Crippen LogP contribution in [0.1, 0.15) is 18.4 Å². The Morgan fingerprint density at radius 1 is 1.00 bits per heavy atom. The molecule has 0 unspecified atom stereocenters. The van der Waals surface area contributed by atoms with Gasteiger partial charge in [-0.25, -0.2) is 4.79 Å². The number of pyridine rings is 1. The summed E-state index contributed by atoms with van der Waals surface area (Å²) in [6.45, 7) is 2.71. The van der Waals surface area contributed by atoms with Crippen LogP contribution in [0.5, 0.6) is 5.75 Å². The minimum Gasteiger partial charge on any atom is -0.489 e. The molecule has 1 aromatic heterocycles. The number of fused-ring (bicyclic) bond motifs is 2. The number of hydrogen-bond acceptors (Lipinski definition) is 4. The Morgan fingerprint density at radius 3 is 2.54 bits per heavy atom. The van der Waals surface area contributed by atoms with Crippen LogP contribution in [0.3, 0.4) is 0 Å². The number of carbonyl (C=O) groups is 1. The molecule has 2 aliphatic heterocycles. The molecule has 37 heavy (non-hydrogen) atoms. The number of benzene rings is 3. The summed E-state index contributed by atoms with van der Waals surface area (Å²) in [5, 5.41) is 5.28. The molecule has 188 valence electrons. The van der Waals surface area contributed by atoms with Crippen LogP contribution in [0, 0.1) is 0 Å². The highest BCUT2D eigenvalue weighted by Gasteiger charge is 2.28. The number of rotatable bonds is 4. The number of nitrogens with zero attached hydrogens (tertiary/aromatic N) is 3. The first-order valence-corrected chi connectivity index (χ1v) is 13.5. The number of likely N-dealkylation sites (tertiary alicyclic amines) is 1. The van der Waals surface area contributed by atoms with Crippen LogP contribution >= 0.6 is 15.9 Å². The van der Waals surface area contributed by atoms with Gasteiger partial charge in [-0.2, -0.15) is 0 Å². The van der Waals surface area contributed by atoms with E-state index in [1.165, 1.54) is 0 Å². The fraction of sp³-hybridized carbons (Fsp3) is 0.267. The van der Waals surface area contributed by atoms with E-state index >= 15 is 0 Å². The monoisotopic (exact) mass is 556 g/mol. The summed E-state index contributed by atoms with van der Waals surface area (Å²) in [7, 11) is 2.15. The average Bonchev–Trinajstić information content (AvgIpc) is 3.33. The van der Waals surface area contributed by atoms with Crippen molar-refractivity contribution in [1.29, 1.82) is 0 Å². The Morgan fingerprint density at radius 2 is 1.76 bits per heavy atom. The first-order chi connectivity index (χ1) is 18.1. The molecular weight excluding hydrogens is 528 g/mol. The maximum absolute atomic E-state index is 13.5. The molecule has 6 rings (SSSR count). The van der Waals surface area contributed by atoms with Gasteiger partial charge in [0.1, 0.15) is 11.9 Å². The largest absolute Gasteiger partial charge is 0.489 e. The van der Waals surface area contributed by atoms with Crippen LogP contribution in [0.25, 0.3) is 21.9 Å². The predicted octanol–water partition coefficient (Wildman–Crippen LogP) is 6.73. The van der Waals surface area contributed by atoms with Crippen molar-refractivity contribution in [3.63, 3.8) is 0 Å². The molecule has 0 atom stereocenters. The SMILES string of the molecule is CN1CCC(Oc2cc3c(cc2Br)CCN3C(=O)Nc2ccc(-c3ccncc3)c3ccccc23)CC1. The second-order valence-electron chi connectivity index (χ2n) is 9.81. The summed E-state index contributed by atoms with van der Waals surface area (Å²) in [5.74, 6) is 0.806. The highest BCUT2D eigenvalue weighted by atomic mass is 79.9. The van der Waals surface area contributed by atoms with Crippen molar-refractivity contribution in [2.45, 2.75) is 25.4 Å². The number of carbonyl (C=O) groups excluding carboxylic acids is 1. The van der Waals surface area contributed by atoms with Gasteiger partial charge in [-0.15, -0.1) is 0 Å². The van der Waals surface area contributed by atoms with E-state index in [2.05, 4.69) is 62.4 Å². The van der Waals surface area contributed by atoms with E-state index in [0.29, 0.717) is 6.54 Å². The smallest absolute Gasteiger partial charge is 0.326 e. The first-order valence-electron chi connectivity index (χ1n) is 12.7. The van der Waals surface area contributed by atoms with Gasteiger partial charge in [0.25, 0.3) is 0 Å². The lowest BCUT2D eigenvalue weighted by Gasteiger charge is -2.30. The molecule has 4 aromatic rings. The van der Waals surface area contributed by atoms with Gasteiger partial charge in [0.05, 0.1) is 15.8 Å². The number of hydrogen-bond donors (Lipinski definition) is 1. The van der Waals surface area contributed by atoms with Crippen LogP contribution in [0.4, 0.5) is 16.2 Å². The van der Waals surface area contributed by atoms with Crippen molar-refractivity contribution >= 4 is 44.1 Å². The zero-order valence-electron chi connectivity index (χ0n) is 20.8. The summed E-state index contributed by atoms with van der Waals surface area (Å²) in [5.41, 5.74) is 5.08. The molecule has 2 amide bonds. The summed E-state index contributed by atoms with van der Waals surface area (Å²) in [6, 6.07) is 20.2. The van der Waals surface area contributed by atoms with E-state index in [9.17, 15) is 4.79 Å². The highest BCUT2D eigenvalue weighted by molar-refractivity contribution is 9.10. The summed E-state index contributed by atoms with van der Waals surface area (Å²) in [4.78, 5) is 21.8. The molecule has 0 radical (unpaired) electrons. The van der Waals surface area contributed by atoms with Gasteiger partial charge in [-0.1, -0.05) is 30.3 Å². The molecule has 2 aliphatic rings. The molecule has 6 nitrogen and oxygen atoms in total. The minimum absolute atomic E-state index is 0.131. The van der Waals surface area contributed by atoms with E-state index in [4.69, 9.17) is 4.74 Å². The number of halogens is 1. The molecule has 3 aromatic carbocycles. The summed E-state index contributed by atoms with van der Waals surface area (Å²) in [6.07, 6.45) is 6.62. The molecule has 0 saturated carbocycles. The van der Waals surface area contributed by atoms with Gasteiger partial charge in [-0.3, -0.25) is 9.88 Å². The quantitative estimate of drug-likeness (QED) is 0.302. The number of ether oxygens (including phenoxy) is 1. The average molecular weight is 557 g/mol. The second kappa shape index (κ2) is 10.1. The number of piperidine rings is 1. The Kier molecular flexibility index (Phi) is 6.57. The predicted molar refractivity (Wildman–Crippen MR) is 153 cm³/mol. The number of nitrogens with one attached hydrogen (secondary N) is 1. The van der Waals surface area contributed by atoms with Crippen LogP contribution in [-0.4, -0.2) is 48.7 Å². The topological polar surface area (TPSA) is 57.7 Å².